The van der Waals surface area contributed by atoms with Crippen molar-refractivity contribution in [3.05, 3.63) is 37.4 Å². The Morgan fingerprint density at radius 3 is 1.62 bits per heavy atom. The molecule has 2 atom stereocenters. The second-order valence-electron chi connectivity index (χ2n) is 9.81. The Morgan fingerprint density at radius 1 is 0.738 bits per heavy atom. The molecule has 0 radical (unpaired) electrons. The lowest BCUT2D eigenvalue weighted by molar-refractivity contribution is -0.166. The van der Waals surface area contributed by atoms with Gasteiger partial charge >= 0.3 is 11.9 Å². The van der Waals surface area contributed by atoms with Crippen LogP contribution in [-0.4, -0.2) is 90.1 Å². The molecule has 0 aliphatic rings. The van der Waals surface area contributed by atoms with E-state index in [0.29, 0.717) is 26.1 Å². The third kappa shape index (κ3) is 10.7. The number of carboxylic acid groups (broad SMARTS) is 2. The topological polar surface area (TPSA) is 227 Å². The van der Waals surface area contributed by atoms with E-state index in [0.717, 1.165) is 0 Å². The first-order chi connectivity index (χ1) is 19.9. The maximum Gasteiger partial charge on any atom is 0.321 e. The summed E-state index contributed by atoms with van der Waals surface area (Å²) in [5, 5.41) is 29.7. The number of carboxylic acids is 2. The molecule has 0 saturated heterocycles. The van der Waals surface area contributed by atoms with Crippen molar-refractivity contribution in [3.8, 4) is 0 Å². The quantitative estimate of drug-likeness (QED) is 0.0875. The number of carbonyl (C=O) groups is 6. The first-order valence-electron chi connectivity index (χ1n) is 13.5. The summed E-state index contributed by atoms with van der Waals surface area (Å²) in [5.41, 5.74) is -2.43. The molecule has 0 bridgehead atoms. The van der Waals surface area contributed by atoms with Crippen LogP contribution in [0.25, 0.3) is 0 Å². The highest BCUT2D eigenvalue weighted by Gasteiger charge is 2.46. The van der Waals surface area contributed by atoms with E-state index < -0.39 is 78.7 Å². The molecule has 16 nitrogen and oxygen atoms in total. The molecule has 42 heavy (non-hydrogen) atoms. The number of aryl methyl sites for hydroxylation is 1. The molecule has 2 rings (SSSR count). The van der Waals surface area contributed by atoms with Gasteiger partial charge in [0, 0.05) is 63.8 Å². The number of hydrogen-bond donors (Lipinski definition) is 6. The van der Waals surface area contributed by atoms with Crippen molar-refractivity contribution in [1.82, 2.24) is 40.4 Å². The Kier molecular flexibility index (Phi) is 13.1. The largest absolute Gasteiger partial charge is 0.480 e. The minimum atomic E-state index is -2.43. The Balaban J connectivity index is 1.79. The van der Waals surface area contributed by atoms with Gasteiger partial charge in [-0.1, -0.05) is 0 Å². The number of imidazole rings is 2. The van der Waals surface area contributed by atoms with Gasteiger partial charge in [0.15, 0.2) is 5.41 Å². The molecule has 2 aromatic heterocycles. The van der Waals surface area contributed by atoms with Gasteiger partial charge in [0.25, 0.3) is 0 Å². The highest BCUT2D eigenvalue weighted by Crippen LogP contribution is 2.31. The lowest BCUT2D eigenvalue weighted by Gasteiger charge is -2.25. The minimum absolute atomic E-state index is 0.283. The summed E-state index contributed by atoms with van der Waals surface area (Å²) in [6, 6.07) is -1.89. The predicted molar refractivity (Wildman–Crippen MR) is 146 cm³/mol. The van der Waals surface area contributed by atoms with Crippen molar-refractivity contribution in [2.45, 2.75) is 71.1 Å². The zero-order chi connectivity index (χ0) is 31.1. The summed E-state index contributed by atoms with van der Waals surface area (Å²) in [7, 11) is 0. The zero-order valence-corrected chi connectivity index (χ0v) is 23.6. The number of carbonyl (C=O) groups excluding carboxylic acids is 4. The Hall–Kier alpha value is -4.76. The van der Waals surface area contributed by atoms with Crippen molar-refractivity contribution >= 4 is 35.6 Å². The van der Waals surface area contributed by atoms with E-state index in [1.54, 1.807) is 42.0 Å². The molecule has 0 saturated carbocycles. The summed E-state index contributed by atoms with van der Waals surface area (Å²) in [4.78, 5) is 81.2. The van der Waals surface area contributed by atoms with Crippen LogP contribution >= 0.6 is 0 Å². The number of nitrogens with zero attached hydrogens (tertiary/aromatic N) is 4. The number of hydrogen-bond acceptors (Lipinski definition) is 8. The van der Waals surface area contributed by atoms with Gasteiger partial charge in [0.2, 0.25) is 23.6 Å². The molecule has 0 fully saturated rings. The molecule has 2 unspecified atom stereocenters. The highest BCUT2D eigenvalue weighted by atomic mass is 16.4. The van der Waals surface area contributed by atoms with E-state index in [4.69, 9.17) is 0 Å². The second kappa shape index (κ2) is 16.5. The number of aromatic nitrogens is 4. The van der Waals surface area contributed by atoms with E-state index in [-0.39, 0.29) is 6.54 Å². The van der Waals surface area contributed by atoms with Crippen molar-refractivity contribution < 1.29 is 39.0 Å². The Labute approximate surface area is 242 Å². The van der Waals surface area contributed by atoms with E-state index >= 15 is 0 Å². The van der Waals surface area contributed by atoms with Gasteiger partial charge in [0.05, 0.1) is 12.7 Å². The van der Waals surface area contributed by atoms with E-state index in [2.05, 4.69) is 31.2 Å². The number of nitrogens with one attached hydrogen (secondary N) is 4. The highest BCUT2D eigenvalue weighted by molar-refractivity contribution is 5.99. The van der Waals surface area contributed by atoms with Crippen LogP contribution in [0.1, 0.15) is 46.0 Å². The fourth-order valence-corrected chi connectivity index (χ4v) is 3.98. The van der Waals surface area contributed by atoms with Crippen LogP contribution in [0, 0.1) is 5.41 Å². The fraction of sp³-hybridized carbons (Fsp3) is 0.538. The monoisotopic (exact) mass is 590 g/mol. The van der Waals surface area contributed by atoms with Crippen LogP contribution < -0.4 is 21.3 Å². The van der Waals surface area contributed by atoms with Gasteiger partial charge in [-0.2, -0.15) is 0 Å². The lowest BCUT2D eigenvalue weighted by atomic mass is 9.78. The van der Waals surface area contributed by atoms with E-state index in [1.165, 1.54) is 13.8 Å². The average molecular weight is 591 g/mol. The minimum Gasteiger partial charge on any atom is -0.480 e. The SMILES string of the molecule is CC(NC(=O)CCC(CCC(=O)NC(C)C(=O)NCCn1ccnc1)(C(=O)O)C(=O)O)C(=O)NCCCn1ccnc1. The number of amides is 4. The van der Waals surface area contributed by atoms with Gasteiger partial charge in [-0.25, -0.2) is 9.97 Å². The maximum atomic E-state index is 12.4. The normalized spacial score (nSPS) is 12.5. The van der Waals surface area contributed by atoms with Gasteiger partial charge in [-0.15, -0.1) is 0 Å². The molecule has 2 aromatic rings. The van der Waals surface area contributed by atoms with E-state index in [9.17, 15) is 39.0 Å². The van der Waals surface area contributed by atoms with Crippen molar-refractivity contribution in [1.29, 1.82) is 0 Å². The molecule has 6 N–H and O–H groups in total. The van der Waals surface area contributed by atoms with Gasteiger partial charge in [-0.3, -0.25) is 28.8 Å². The first kappa shape index (κ1) is 33.4. The number of aliphatic carboxylic acids is 2. The standard InChI is InChI=1S/C26H38N8O8/c1-18(22(37)29-8-3-12-33-13-9-27-16-33)31-20(35)4-6-26(24(39)40,25(41)42)7-5-21(36)32-19(2)23(38)30-11-15-34-14-10-28-17-34/h9-10,13-14,16-19H,3-8,11-12,15H2,1-2H3,(H,29,37)(H,30,38)(H,31,35)(H,32,36)(H,39,40)(H,41,42). The molecular weight excluding hydrogens is 552 g/mol. The molecule has 0 spiro atoms. The third-order valence-corrected chi connectivity index (χ3v) is 6.60. The molecular formula is C26H38N8O8. The van der Waals surface area contributed by atoms with Gasteiger partial charge in [0.1, 0.15) is 12.1 Å². The van der Waals surface area contributed by atoms with Crippen LogP contribution in [0.15, 0.2) is 37.4 Å². The van der Waals surface area contributed by atoms with Crippen LogP contribution in [0.2, 0.25) is 0 Å². The molecule has 0 aliphatic carbocycles. The average Bonchev–Trinajstić information content (AvgIpc) is 3.65. The molecule has 2 heterocycles. The summed E-state index contributed by atoms with van der Waals surface area (Å²) < 4.78 is 3.60. The number of rotatable bonds is 19. The van der Waals surface area contributed by atoms with Gasteiger partial charge < -0.3 is 40.6 Å². The molecule has 4 amide bonds. The molecule has 230 valence electrons. The molecule has 16 heteroatoms. The summed E-state index contributed by atoms with van der Waals surface area (Å²) in [6.07, 6.45) is 8.38. The smallest absolute Gasteiger partial charge is 0.321 e. The van der Waals surface area contributed by atoms with Crippen LogP contribution in [-0.2, 0) is 41.9 Å². The second-order valence-corrected chi connectivity index (χ2v) is 9.81. The molecule has 0 aliphatic heterocycles. The van der Waals surface area contributed by atoms with Crippen molar-refractivity contribution in [3.63, 3.8) is 0 Å². The predicted octanol–water partition coefficient (Wildman–Crippen LogP) is -0.872. The first-order valence-corrected chi connectivity index (χ1v) is 13.5. The van der Waals surface area contributed by atoms with Crippen molar-refractivity contribution in [2.75, 3.05) is 13.1 Å². The Bertz CT molecular complexity index is 1190. The lowest BCUT2D eigenvalue weighted by Crippen LogP contribution is -2.47. The van der Waals surface area contributed by atoms with Crippen LogP contribution in [0.5, 0.6) is 0 Å². The summed E-state index contributed by atoms with van der Waals surface area (Å²) >= 11 is 0. The maximum absolute atomic E-state index is 12.4. The van der Waals surface area contributed by atoms with Crippen LogP contribution in [0.4, 0.5) is 0 Å². The summed E-state index contributed by atoms with van der Waals surface area (Å²) in [5.74, 6) is -5.77. The Morgan fingerprint density at radius 2 is 1.19 bits per heavy atom. The van der Waals surface area contributed by atoms with Gasteiger partial charge in [-0.05, 0) is 33.1 Å². The zero-order valence-electron chi connectivity index (χ0n) is 23.6. The van der Waals surface area contributed by atoms with Crippen LogP contribution in [0.3, 0.4) is 0 Å². The third-order valence-electron chi connectivity index (χ3n) is 6.60. The molecule has 0 aromatic carbocycles. The van der Waals surface area contributed by atoms with E-state index in [1.807, 2.05) is 4.57 Å². The fourth-order valence-electron chi connectivity index (χ4n) is 3.98. The summed E-state index contributed by atoms with van der Waals surface area (Å²) in [6.45, 7) is 4.63. The van der Waals surface area contributed by atoms with Crippen molar-refractivity contribution in [2.24, 2.45) is 5.41 Å².